The average molecular weight is 631 g/mol. The van der Waals surface area contributed by atoms with Crippen molar-refractivity contribution in [3.05, 3.63) is 70.8 Å². The van der Waals surface area contributed by atoms with Crippen LogP contribution in [0.5, 0.6) is 0 Å². The van der Waals surface area contributed by atoms with Crippen molar-refractivity contribution in [2.45, 2.75) is 76.8 Å². The number of carboxylic acids is 1. The number of aryl methyl sites for hydroxylation is 2. The first-order valence-corrected chi connectivity index (χ1v) is 16.2. The summed E-state index contributed by atoms with van der Waals surface area (Å²) in [5, 5.41) is 8.83. The topological polar surface area (TPSA) is 119 Å². The highest BCUT2D eigenvalue weighted by atomic mass is 16.7. The molecule has 0 spiro atoms. The van der Waals surface area contributed by atoms with E-state index in [2.05, 4.69) is 4.74 Å². The summed E-state index contributed by atoms with van der Waals surface area (Å²) in [7, 11) is 1.39. The zero-order valence-electron chi connectivity index (χ0n) is 26.6. The van der Waals surface area contributed by atoms with E-state index in [0.29, 0.717) is 50.8 Å². The van der Waals surface area contributed by atoms with E-state index in [1.807, 2.05) is 24.3 Å². The fourth-order valence-corrected chi connectivity index (χ4v) is 4.86. The van der Waals surface area contributed by atoms with Crippen molar-refractivity contribution in [3.63, 3.8) is 0 Å². The molecule has 10 nitrogen and oxygen atoms in total. The Morgan fingerprint density at radius 1 is 0.667 bits per heavy atom. The van der Waals surface area contributed by atoms with Crippen LogP contribution in [0.3, 0.4) is 0 Å². The van der Waals surface area contributed by atoms with E-state index in [4.69, 9.17) is 33.5 Å². The lowest BCUT2D eigenvalue weighted by Gasteiger charge is -2.22. The molecule has 2 aromatic carbocycles. The van der Waals surface area contributed by atoms with Gasteiger partial charge >= 0.3 is 11.9 Å². The molecule has 0 amide bonds. The van der Waals surface area contributed by atoms with E-state index in [9.17, 15) is 9.59 Å². The summed E-state index contributed by atoms with van der Waals surface area (Å²) in [5.74, 6) is -1.20. The molecule has 0 radical (unpaired) electrons. The monoisotopic (exact) mass is 630 g/mol. The SMILES string of the molecule is COC(=O)c1ccc(CCCOCCOC2CCCCO2)cc1.O=C(O)c1ccc(CCCOCCOC2CCCCO2)cc1. The first-order chi connectivity index (χ1) is 22.0. The number of carboxylic acid groups (broad SMARTS) is 1. The van der Waals surface area contributed by atoms with Gasteiger partial charge in [-0.1, -0.05) is 24.3 Å². The standard InChI is InChI=1S/C18H26O5.C17H24O5/c1-20-18(19)16-9-7-15(8-10-16)5-4-11-21-13-14-23-17-6-2-3-12-22-17;18-17(19)15-8-6-14(7-9-15)4-3-10-20-12-13-22-16-5-1-2-11-21-16/h7-10,17H,2-6,11-14H2,1H3;6-9,16H,1-5,10-13H2,(H,18,19). The maximum Gasteiger partial charge on any atom is 0.337 e. The lowest BCUT2D eigenvalue weighted by Crippen LogP contribution is -2.24. The minimum absolute atomic E-state index is 0.0410. The van der Waals surface area contributed by atoms with E-state index < -0.39 is 5.97 Å². The summed E-state index contributed by atoms with van der Waals surface area (Å²) in [5.41, 5.74) is 3.21. The van der Waals surface area contributed by atoms with Crippen LogP contribution in [0.25, 0.3) is 0 Å². The summed E-state index contributed by atoms with van der Waals surface area (Å²) in [4.78, 5) is 22.1. The predicted molar refractivity (Wildman–Crippen MR) is 169 cm³/mol. The molecule has 2 aliphatic rings. The quantitative estimate of drug-likeness (QED) is 0.159. The second kappa shape index (κ2) is 22.6. The Bertz CT molecular complexity index is 1060. The molecule has 2 unspecified atom stereocenters. The van der Waals surface area contributed by atoms with E-state index in [1.54, 1.807) is 24.3 Å². The summed E-state index contributed by atoms with van der Waals surface area (Å²) in [6.07, 6.45) is 10.1. The van der Waals surface area contributed by atoms with Crippen LogP contribution in [0.4, 0.5) is 0 Å². The number of carbonyl (C=O) groups excluding carboxylic acids is 1. The highest BCUT2D eigenvalue weighted by Crippen LogP contribution is 2.14. The van der Waals surface area contributed by atoms with E-state index >= 15 is 0 Å². The molecule has 4 rings (SSSR count). The van der Waals surface area contributed by atoms with Crippen molar-refractivity contribution >= 4 is 11.9 Å². The molecule has 0 saturated carbocycles. The normalized spacial score (nSPS) is 18.1. The molecule has 1 N–H and O–H groups in total. The zero-order chi connectivity index (χ0) is 32.0. The van der Waals surface area contributed by atoms with Crippen molar-refractivity contribution in [2.24, 2.45) is 0 Å². The molecule has 2 aromatic rings. The maximum absolute atomic E-state index is 11.3. The van der Waals surface area contributed by atoms with Crippen molar-refractivity contribution in [1.29, 1.82) is 0 Å². The first kappa shape index (κ1) is 36.6. The zero-order valence-corrected chi connectivity index (χ0v) is 26.6. The van der Waals surface area contributed by atoms with Gasteiger partial charge < -0.3 is 38.3 Å². The smallest absolute Gasteiger partial charge is 0.337 e. The molecule has 250 valence electrons. The van der Waals surface area contributed by atoms with Crippen molar-refractivity contribution in [1.82, 2.24) is 0 Å². The van der Waals surface area contributed by atoms with Crippen LogP contribution < -0.4 is 0 Å². The number of ether oxygens (including phenoxy) is 7. The van der Waals surface area contributed by atoms with Gasteiger partial charge in [-0.25, -0.2) is 9.59 Å². The summed E-state index contributed by atoms with van der Waals surface area (Å²) < 4.78 is 37.9. The Hall–Kier alpha value is -2.86. The molecule has 2 fully saturated rings. The van der Waals surface area contributed by atoms with Crippen LogP contribution in [0.15, 0.2) is 48.5 Å². The lowest BCUT2D eigenvalue weighted by molar-refractivity contribution is -0.169. The maximum atomic E-state index is 11.3. The average Bonchev–Trinajstić information content (AvgIpc) is 3.09. The molecule has 2 atom stereocenters. The Kier molecular flexibility index (Phi) is 18.4. The van der Waals surface area contributed by atoms with Gasteiger partial charge in [0.15, 0.2) is 12.6 Å². The number of rotatable bonds is 18. The molecule has 45 heavy (non-hydrogen) atoms. The van der Waals surface area contributed by atoms with Gasteiger partial charge in [-0.15, -0.1) is 0 Å². The first-order valence-electron chi connectivity index (χ1n) is 16.2. The van der Waals surface area contributed by atoms with Crippen molar-refractivity contribution < 1.29 is 47.9 Å². The lowest BCUT2D eigenvalue weighted by atomic mass is 10.1. The highest BCUT2D eigenvalue weighted by Gasteiger charge is 2.14. The Morgan fingerprint density at radius 2 is 1.13 bits per heavy atom. The van der Waals surface area contributed by atoms with Crippen LogP contribution >= 0.6 is 0 Å². The minimum Gasteiger partial charge on any atom is -0.478 e. The fourth-order valence-electron chi connectivity index (χ4n) is 4.86. The number of carbonyl (C=O) groups is 2. The number of esters is 1. The Morgan fingerprint density at radius 3 is 1.53 bits per heavy atom. The van der Waals surface area contributed by atoms with E-state index in [-0.39, 0.29) is 18.5 Å². The summed E-state index contributed by atoms with van der Waals surface area (Å²) >= 11 is 0. The molecule has 0 aromatic heterocycles. The fraction of sp³-hybridized carbons (Fsp3) is 0.600. The van der Waals surface area contributed by atoms with Crippen molar-refractivity contribution in [3.8, 4) is 0 Å². The number of hydrogen-bond acceptors (Lipinski definition) is 9. The van der Waals surface area contributed by atoms with Crippen LogP contribution in [-0.2, 0) is 46.0 Å². The molecule has 2 saturated heterocycles. The van der Waals surface area contributed by atoms with Crippen LogP contribution in [0, 0.1) is 0 Å². The molecule has 2 heterocycles. The second-order valence-electron chi connectivity index (χ2n) is 11.0. The van der Waals surface area contributed by atoms with Gasteiger partial charge in [-0.3, -0.25) is 0 Å². The number of hydrogen-bond donors (Lipinski definition) is 1. The predicted octanol–water partition coefficient (Wildman–Crippen LogP) is 5.84. The molecular formula is C35H50O10. The van der Waals surface area contributed by atoms with Crippen molar-refractivity contribution in [2.75, 3.05) is 60.0 Å². The van der Waals surface area contributed by atoms with Crippen LogP contribution in [0.2, 0.25) is 0 Å². The van der Waals surface area contributed by atoms with E-state index in [0.717, 1.165) is 70.1 Å². The number of methoxy groups -OCH3 is 1. The number of benzene rings is 2. The molecule has 0 aliphatic carbocycles. The van der Waals surface area contributed by atoms with Gasteiger partial charge in [0, 0.05) is 26.4 Å². The molecule has 0 bridgehead atoms. The summed E-state index contributed by atoms with van der Waals surface area (Å²) in [6, 6.07) is 14.5. The molecule has 2 aliphatic heterocycles. The second-order valence-corrected chi connectivity index (χ2v) is 11.0. The Labute approximate surface area is 267 Å². The van der Waals surface area contributed by atoms with Gasteiger partial charge in [0.2, 0.25) is 0 Å². The third kappa shape index (κ3) is 15.8. The third-order valence-electron chi connectivity index (χ3n) is 7.42. The Balaban J connectivity index is 0.000000246. The van der Waals surface area contributed by atoms with Crippen LogP contribution in [0.1, 0.15) is 83.2 Å². The van der Waals surface area contributed by atoms with Crippen LogP contribution in [-0.4, -0.2) is 89.6 Å². The van der Waals surface area contributed by atoms with Gasteiger partial charge in [0.05, 0.1) is 44.7 Å². The number of aromatic carboxylic acids is 1. The summed E-state index contributed by atoms with van der Waals surface area (Å²) in [6.45, 7) is 5.31. The highest BCUT2D eigenvalue weighted by molar-refractivity contribution is 5.89. The van der Waals surface area contributed by atoms with Gasteiger partial charge in [-0.05, 0) is 99.6 Å². The largest absolute Gasteiger partial charge is 0.478 e. The minimum atomic E-state index is -0.892. The van der Waals surface area contributed by atoms with E-state index in [1.165, 1.54) is 25.5 Å². The van der Waals surface area contributed by atoms with Gasteiger partial charge in [-0.2, -0.15) is 0 Å². The molecule has 10 heteroatoms. The van der Waals surface area contributed by atoms with Gasteiger partial charge in [0.25, 0.3) is 0 Å². The third-order valence-corrected chi connectivity index (χ3v) is 7.42. The van der Waals surface area contributed by atoms with Gasteiger partial charge in [0.1, 0.15) is 0 Å². The molecular weight excluding hydrogens is 580 g/mol.